The quantitative estimate of drug-likeness (QED) is 0.718. The number of rotatable bonds is 3. The molecule has 5 nitrogen and oxygen atoms in total. The number of allylic oxidation sites excluding steroid dienone is 1. The molecule has 0 spiro atoms. The van der Waals surface area contributed by atoms with Crippen molar-refractivity contribution in [3.63, 3.8) is 0 Å². The fourth-order valence-corrected chi connectivity index (χ4v) is 2.26. The first-order valence-electron chi connectivity index (χ1n) is 7.03. The van der Waals surface area contributed by atoms with Gasteiger partial charge in [0.1, 0.15) is 23.5 Å². The molecular formula is C18H13N5. The molecule has 0 amide bonds. The number of aromatic nitrogens is 2. The van der Waals surface area contributed by atoms with Gasteiger partial charge in [0.2, 0.25) is 0 Å². The highest BCUT2D eigenvalue weighted by molar-refractivity contribution is 5.80. The van der Waals surface area contributed by atoms with Gasteiger partial charge in [0.05, 0.1) is 11.0 Å². The zero-order valence-electron chi connectivity index (χ0n) is 12.5. The number of aromatic amines is 1. The van der Waals surface area contributed by atoms with Crippen LogP contribution >= 0.6 is 0 Å². The maximum Gasteiger partial charge on any atom is 0.145 e. The van der Waals surface area contributed by atoms with E-state index in [-0.39, 0.29) is 5.57 Å². The van der Waals surface area contributed by atoms with E-state index >= 15 is 0 Å². The molecule has 0 aliphatic carbocycles. The molecule has 2 N–H and O–H groups in total. The lowest BCUT2D eigenvalue weighted by Crippen LogP contribution is -1.90. The van der Waals surface area contributed by atoms with E-state index in [9.17, 15) is 0 Å². The Morgan fingerprint density at radius 2 is 2.00 bits per heavy atom. The summed E-state index contributed by atoms with van der Waals surface area (Å²) in [5, 5.41) is 20.4. The molecular weight excluding hydrogens is 286 g/mol. The maximum atomic E-state index is 8.74. The van der Waals surface area contributed by atoms with Crippen LogP contribution in [-0.4, -0.2) is 9.97 Å². The van der Waals surface area contributed by atoms with Crippen molar-refractivity contribution < 1.29 is 0 Å². The zero-order valence-corrected chi connectivity index (χ0v) is 12.5. The van der Waals surface area contributed by atoms with Gasteiger partial charge in [-0.15, -0.1) is 0 Å². The Balaban J connectivity index is 1.94. The minimum atomic E-state index is 0.0228. The van der Waals surface area contributed by atoms with Crippen LogP contribution in [0.3, 0.4) is 0 Å². The largest absolute Gasteiger partial charge is 0.360 e. The van der Waals surface area contributed by atoms with Crippen molar-refractivity contribution in [2.45, 2.75) is 6.92 Å². The summed E-state index contributed by atoms with van der Waals surface area (Å²) in [5.41, 5.74) is 4.81. The number of nitrogens with one attached hydrogen (secondary N) is 2. The van der Waals surface area contributed by atoms with Crippen LogP contribution in [0.5, 0.6) is 0 Å². The van der Waals surface area contributed by atoms with Gasteiger partial charge in [-0.3, -0.25) is 0 Å². The Bertz CT molecular complexity index is 967. The van der Waals surface area contributed by atoms with Gasteiger partial charge in [-0.25, -0.2) is 4.98 Å². The molecule has 3 aromatic rings. The van der Waals surface area contributed by atoms with E-state index in [0.29, 0.717) is 0 Å². The summed E-state index contributed by atoms with van der Waals surface area (Å²) in [4.78, 5) is 7.90. The molecule has 3 rings (SSSR count). The number of nitrogens with zero attached hydrogens (tertiary/aromatic N) is 3. The smallest absolute Gasteiger partial charge is 0.145 e. The molecule has 0 atom stereocenters. The van der Waals surface area contributed by atoms with E-state index < -0.39 is 0 Å². The van der Waals surface area contributed by atoms with E-state index in [1.165, 1.54) is 11.8 Å². The third kappa shape index (κ3) is 3.04. The highest BCUT2D eigenvalue weighted by Gasteiger charge is 2.06. The standard InChI is InChI=1S/C18H13N5/c1-12-5-6-16-17(7-12)23-18(22-16)14-3-2-4-15(8-14)21-11-13(9-19)10-20/h2-8,11,21H,1H3,(H,22,23). The van der Waals surface area contributed by atoms with Gasteiger partial charge in [0, 0.05) is 17.5 Å². The lowest BCUT2D eigenvalue weighted by atomic mass is 10.2. The molecule has 5 heteroatoms. The fraction of sp³-hybridized carbons (Fsp3) is 0.0556. The molecule has 0 radical (unpaired) electrons. The predicted octanol–water partition coefficient (Wildman–Crippen LogP) is 3.88. The van der Waals surface area contributed by atoms with Gasteiger partial charge in [0.15, 0.2) is 0 Å². The number of benzene rings is 2. The lowest BCUT2D eigenvalue weighted by molar-refractivity contribution is 1.33. The van der Waals surface area contributed by atoms with Crippen molar-refractivity contribution in [2.24, 2.45) is 0 Å². The lowest BCUT2D eigenvalue weighted by Gasteiger charge is -2.03. The average molecular weight is 299 g/mol. The van der Waals surface area contributed by atoms with Crippen molar-refractivity contribution in [2.75, 3.05) is 5.32 Å². The minimum absolute atomic E-state index is 0.0228. The first kappa shape index (κ1) is 14.4. The number of H-pyrrole nitrogens is 1. The molecule has 1 heterocycles. The highest BCUT2D eigenvalue weighted by Crippen LogP contribution is 2.23. The molecule has 0 saturated heterocycles. The molecule has 0 aliphatic heterocycles. The van der Waals surface area contributed by atoms with Crippen LogP contribution in [0.1, 0.15) is 5.56 Å². The number of hydrogen-bond donors (Lipinski definition) is 2. The van der Waals surface area contributed by atoms with E-state index in [1.54, 1.807) is 0 Å². The third-order valence-electron chi connectivity index (χ3n) is 3.40. The fourth-order valence-electron chi connectivity index (χ4n) is 2.26. The molecule has 1 aromatic heterocycles. The number of nitriles is 2. The summed E-state index contributed by atoms with van der Waals surface area (Å²) >= 11 is 0. The van der Waals surface area contributed by atoms with Crippen LogP contribution < -0.4 is 5.32 Å². The Kier molecular flexibility index (Phi) is 3.78. The summed E-state index contributed by atoms with van der Waals surface area (Å²) in [6, 6.07) is 17.3. The predicted molar refractivity (Wildman–Crippen MR) is 89.2 cm³/mol. The van der Waals surface area contributed by atoms with Gasteiger partial charge in [-0.1, -0.05) is 18.2 Å². The Morgan fingerprint density at radius 1 is 1.17 bits per heavy atom. The van der Waals surface area contributed by atoms with Crippen molar-refractivity contribution in [1.29, 1.82) is 10.5 Å². The number of fused-ring (bicyclic) bond motifs is 1. The molecule has 110 valence electrons. The second-order valence-electron chi connectivity index (χ2n) is 5.11. The molecule has 0 fully saturated rings. The van der Waals surface area contributed by atoms with E-state index in [4.69, 9.17) is 10.5 Å². The second kappa shape index (κ2) is 6.05. The SMILES string of the molecule is Cc1ccc2nc(-c3cccc(NC=C(C#N)C#N)c3)[nH]c2c1. The van der Waals surface area contributed by atoms with Crippen LogP contribution in [0.4, 0.5) is 5.69 Å². The zero-order chi connectivity index (χ0) is 16.2. The van der Waals surface area contributed by atoms with Crippen molar-refractivity contribution in [3.05, 3.63) is 59.8 Å². The topological polar surface area (TPSA) is 88.3 Å². The Labute approximate surface area is 133 Å². The van der Waals surface area contributed by atoms with E-state index in [0.717, 1.165) is 28.1 Å². The minimum Gasteiger partial charge on any atom is -0.360 e. The molecule has 23 heavy (non-hydrogen) atoms. The van der Waals surface area contributed by atoms with Crippen molar-refractivity contribution in [3.8, 4) is 23.5 Å². The molecule has 2 aromatic carbocycles. The molecule has 0 aliphatic rings. The summed E-state index contributed by atoms with van der Waals surface area (Å²) < 4.78 is 0. The number of anilines is 1. The highest BCUT2D eigenvalue weighted by atomic mass is 14.9. The third-order valence-corrected chi connectivity index (χ3v) is 3.40. The average Bonchev–Trinajstić information content (AvgIpc) is 2.99. The first-order chi connectivity index (χ1) is 11.2. The van der Waals surface area contributed by atoms with Crippen molar-refractivity contribution >= 4 is 16.7 Å². The van der Waals surface area contributed by atoms with E-state index in [2.05, 4.69) is 21.4 Å². The second-order valence-corrected chi connectivity index (χ2v) is 5.11. The number of imidazole rings is 1. The van der Waals surface area contributed by atoms with Crippen LogP contribution in [0, 0.1) is 29.6 Å². The van der Waals surface area contributed by atoms with Crippen LogP contribution in [-0.2, 0) is 0 Å². The Morgan fingerprint density at radius 3 is 2.78 bits per heavy atom. The summed E-state index contributed by atoms with van der Waals surface area (Å²) in [6.45, 7) is 2.04. The monoisotopic (exact) mass is 299 g/mol. The summed E-state index contributed by atoms with van der Waals surface area (Å²) in [7, 11) is 0. The van der Waals surface area contributed by atoms with Gasteiger partial charge in [0.25, 0.3) is 0 Å². The Hall–Kier alpha value is -3.57. The first-order valence-corrected chi connectivity index (χ1v) is 7.03. The molecule has 0 saturated carbocycles. The summed E-state index contributed by atoms with van der Waals surface area (Å²) in [5.74, 6) is 0.777. The summed E-state index contributed by atoms with van der Waals surface area (Å²) in [6.07, 6.45) is 1.39. The van der Waals surface area contributed by atoms with Gasteiger partial charge >= 0.3 is 0 Å². The van der Waals surface area contributed by atoms with Crippen LogP contribution in [0.2, 0.25) is 0 Å². The van der Waals surface area contributed by atoms with Crippen molar-refractivity contribution in [1.82, 2.24) is 9.97 Å². The maximum absolute atomic E-state index is 8.74. The molecule has 0 unspecified atom stereocenters. The number of hydrogen-bond acceptors (Lipinski definition) is 4. The molecule has 0 bridgehead atoms. The van der Waals surface area contributed by atoms with Gasteiger partial charge < -0.3 is 10.3 Å². The normalized spacial score (nSPS) is 9.87. The van der Waals surface area contributed by atoms with Crippen LogP contribution in [0.25, 0.3) is 22.4 Å². The van der Waals surface area contributed by atoms with Crippen LogP contribution in [0.15, 0.2) is 54.2 Å². The number of aryl methyl sites for hydroxylation is 1. The van der Waals surface area contributed by atoms with Gasteiger partial charge in [-0.2, -0.15) is 10.5 Å². The van der Waals surface area contributed by atoms with E-state index in [1.807, 2.05) is 55.5 Å². The van der Waals surface area contributed by atoms with Gasteiger partial charge in [-0.05, 0) is 36.8 Å².